The van der Waals surface area contributed by atoms with Gasteiger partial charge in [-0.05, 0) is 45.2 Å². The van der Waals surface area contributed by atoms with Gasteiger partial charge in [-0.3, -0.25) is 9.69 Å². The molecule has 1 aliphatic heterocycles. The van der Waals surface area contributed by atoms with E-state index in [0.717, 1.165) is 37.0 Å². The van der Waals surface area contributed by atoms with Crippen LogP contribution in [0.2, 0.25) is 0 Å². The van der Waals surface area contributed by atoms with Gasteiger partial charge in [0.15, 0.2) is 5.54 Å². The van der Waals surface area contributed by atoms with E-state index in [4.69, 9.17) is 8.94 Å². The standard InChI is InChI=1S/C17H19N3O4/c1-10-7-8-14(23-10)17(2)15(21)20(16(22)18-17)9-12-11-5-3-4-6-13(11)24-19-12/h7-8H,3-6,9H2,1-2H3,(H,18,22). The average molecular weight is 329 g/mol. The second-order valence-electron chi connectivity index (χ2n) is 6.59. The number of furan rings is 1. The SMILES string of the molecule is Cc1ccc(C2(C)NC(=O)N(Cc3noc4c3CCCC4)C2=O)o1. The van der Waals surface area contributed by atoms with Crippen LogP contribution in [0.4, 0.5) is 4.79 Å². The number of nitrogens with one attached hydrogen (secondary N) is 1. The molecule has 1 atom stereocenters. The molecule has 2 aliphatic rings. The number of nitrogens with zero attached hydrogens (tertiary/aromatic N) is 2. The van der Waals surface area contributed by atoms with Crippen LogP contribution in [0.5, 0.6) is 0 Å². The van der Waals surface area contributed by atoms with Gasteiger partial charge in [0.1, 0.15) is 23.0 Å². The van der Waals surface area contributed by atoms with Crippen LogP contribution in [0.3, 0.4) is 0 Å². The minimum absolute atomic E-state index is 0.124. The third kappa shape index (κ3) is 2.15. The lowest BCUT2D eigenvalue weighted by atomic mass is 9.96. The zero-order valence-corrected chi connectivity index (χ0v) is 13.7. The highest BCUT2D eigenvalue weighted by molar-refractivity contribution is 6.06. The highest BCUT2D eigenvalue weighted by atomic mass is 16.5. The molecule has 2 aromatic rings. The fourth-order valence-electron chi connectivity index (χ4n) is 3.43. The maximum atomic E-state index is 12.9. The molecule has 3 amide bonds. The van der Waals surface area contributed by atoms with Gasteiger partial charge in [-0.15, -0.1) is 0 Å². The molecule has 24 heavy (non-hydrogen) atoms. The first-order valence-electron chi connectivity index (χ1n) is 8.16. The lowest BCUT2D eigenvalue weighted by molar-refractivity contribution is -0.132. The topological polar surface area (TPSA) is 88.6 Å². The van der Waals surface area contributed by atoms with Crippen LogP contribution in [0, 0.1) is 6.92 Å². The van der Waals surface area contributed by atoms with Crippen LogP contribution in [0.1, 0.15) is 48.3 Å². The number of hydrogen-bond donors (Lipinski definition) is 1. The molecule has 2 aromatic heterocycles. The van der Waals surface area contributed by atoms with Gasteiger partial charge < -0.3 is 14.3 Å². The summed E-state index contributed by atoms with van der Waals surface area (Å²) in [6.45, 7) is 3.58. The third-order valence-electron chi connectivity index (χ3n) is 4.85. The largest absolute Gasteiger partial charge is 0.463 e. The lowest BCUT2D eigenvalue weighted by Gasteiger charge is -2.19. The zero-order valence-electron chi connectivity index (χ0n) is 13.7. The number of amides is 3. The predicted octanol–water partition coefficient (Wildman–Crippen LogP) is 2.42. The molecule has 0 spiro atoms. The van der Waals surface area contributed by atoms with Gasteiger partial charge in [0.2, 0.25) is 0 Å². The number of hydrogen-bond acceptors (Lipinski definition) is 5. The van der Waals surface area contributed by atoms with Crippen molar-refractivity contribution in [1.82, 2.24) is 15.4 Å². The molecule has 4 rings (SSSR count). The summed E-state index contributed by atoms with van der Waals surface area (Å²) in [6.07, 6.45) is 3.91. The van der Waals surface area contributed by atoms with Crippen LogP contribution < -0.4 is 5.32 Å². The zero-order chi connectivity index (χ0) is 16.9. The minimum atomic E-state index is -1.19. The summed E-state index contributed by atoms with van der Waals surface area (Å²) in [5.74, 6) is 1.67. The van der Waals surface area contributed by atoms with Crippen molar-refractivity contribution in [3.8, 4) is 0 Å². The molecule has 1 N–H and O–H groups in total. The van der Waals surface area contributed by atoms with Gasteiger partial charge in [-0.25, -0.2) is 4.79 Å². The van der Waals surface area contributed by atoms with Crippen molar-refractivity contribution in [2.45, 2.75) is 51.6 Å². The van der Waals surface area contributed by atoms with Crippen molar-refractivity contribution >= 4 is 11.9 Å². The summed E-state index contributed by atoms with van der Waals surface area (Å²) in [5.41, 5.74) is 0.534. The fourth-order valence-corrected chi connectivity index (χ4v) is 3.43. The first-order chi connectivity index (χ1) is 11.5. The number of aromatic nitrogens is 1. The van der Waals surface area contributed by atoms with E-state index in [1.165, 1.54) is 4.90 Å². The van der Waals surface area contributed by atoms with Crippen molar-refractivity contribution in [3.63, 3.8) is 0 Å². The number of urea groups is 1. The number of imide groups is 1. The van der Waals surface area contributed by atoms with E-state index < -0.39 is 11.6 Å². The number of carbonyl (C=O) groups is 2. The molecule has 1 unspecified atom stereocenters. The Labute approximate surface area is 139 Å². The number of fused-ring (bicyclic) bond motifs is 1. The van der Waals surface area contributed by atoms with Crippen molar-refractivity contribution < 1.29 is 18.5 Å². The van der Waals surface area contributed by atoms with E-state index in [9.17, 15) is 9.59 Å². The van der Waals surface area contributed by atoms with Crippen LogP contribution >= 0.6 is 0 Å². The molecule has 0 radical (unpaired) electrons. The molecule has 1 fully saturated rings. The Morgan fingerprint density at radius 3 is 2.83 bits per heavy atom. The quantitative estimate of drug-likeness (QED) is 0.874. The molecule has 0 saturated carbocycles. The van der Waals surface area contributed by atoms with Crippen molar-refractivity contribution in [3.05, 3.63) is 40.7 Å². The number of rotatable bonds is 3. The monoisotopic (exact) mass is 329 g/mol. The van der Waals surface area contributed by atoms with Crippen LogP contribution in [-0.2, 0) is 29.7 Å². The minimum Gasteiger partial charge on any atom is -0.463 e. The van der Waals surface area contributed by atoms with E-state index >= 15 is 0 Å². The molecular formula is C17H19N3O4. The van der Waals surface area contributed by atoms with Crippen LogP contribution in [0.25, 0.3) is 0 Å². The summed E-state index contributed by atoms with van der Waals surface area (Å²) in [6, 6.07) is 3.05. The maximum absolute atomic E-state index is 12.9. The Kier molecular flexibility index (Phi) is 3.26. The molecule has 0 aromatic carbocycles. The molecule has 7 nitrogen and oxygen atoms in total. The lowest BCUT2D eigenvalue weighted by Crippen LogP contribution is -2.40. The van der Waals surface area contributed by atoms with Crippen LogP contribution in [0.15, 0.2) is 21.1 Å². The van der Waals surface area contributed by atoms with Gasteiger partial charge >= 0.3 is 6.03 Å². The molecule has 1 saturated heterocycles. The maximum Gasteiger partial charge on any atom is 0.325 e. The highest BCUT2D eigenvalue weighted by Crippen LogP contribution is 2.32. The molecule has 7 heteroatoms. The summed E-state index contributed by atoms with van der Waals surface area (Å²) >= 11 is 0. The van der Waals surface area contributed by atoms with Crippen molar-refractivity contribution in [1.29, 1.82) is 0 Å². The van der Waals surface area contributed by atoms with E-state index in [1.54, 1.807) is 26.0 Å². The van der Waals surface area contributed by atoms with Gasteiger partial charge in [0, 0.05) is 12.0 Å². The summed E-state index contributed by atoms with van der Waals surface area (Å²) < 4.78 is 10.9. The van der Waals surface area contributed by atoms with Crippen LogP contribution in [-0.4, -0.2) is 22.0 Å². The average Bonchev–Trinajstić information content (AvgIpc) is 3.23. The number of aryl methyl sites for hydroxylation is 2. The first kappa shape index (κ1) is 15.0. The van der Waals surface area contributed by atoms with Crippen molar-refractivity contribution in [2.75, 3.05) is 0 Å². The molecular weight excluding hydrogens is 310 g/mol. The molecule has 1 aliphatic carbocycles. The number of carbonyl (C=O) groups excluding carboxylic acids is 2. The Balaban J connectivity index is 1.61. The van der Waals surface area contributed by atoms with E-state index in [2.05, 4.69) is 10.5 Å². The first-order valence-corrected chi connectivity index (χ1v) is 8.16. The molecule has 0 bridgehead atoms. The Morgan fingerprint density at radius 1 is 1.29 bits per heavy atom. The van der Waals surface area contributed by atoms with E-state index in [0.29, 0.717) is 17.2 Å². The normalized spacial score (nSPS) is 23.5. The smallest absolute Gasteiger partial charge is 0.325 e. The van der Waals surface area contributed by atoms with E-state index in [-0.39, 0.29) is 12.5 Å². The Bertz CT molecular complexity index is 822. The van der Waals surface area contributed by atoms with Gasteiger partial charge in [-0.1, -0.05) is 5.16 Å². The van der Waals surface area contributed by atoms with Gasteiger partial charge in [0.05, 0.1) is 6.54 Å². The fraction of sp³-hybridized carbons (Fsp3) is 0.471. The summed E-state index contributed by atoms with van der Waals surface area (Å²) in [5, 5.41) is 6.82. The highest BCUT2D eigenvalue weighted by Gasteiger charge is 2.51. The van der Waals surface area contributed by atoms with Gasteiger partial charge in [-0.2, -0.15) is 0 Å². The summed E-state index contributed by atoms with van der Waals surface area (Å²) in [7, 11) is 0. The Morgan fingerprint density at radius 2 is 2.08 bits per heavy atom. The summed E-state index contributed by atoms with van der Waals surface area (Å²) in [4.78, 5) is 26.4. The van der Waals surface area contributed by atoms with Crippen molar-refractivity contribution in [2.24, 2.45) is 0 Å². The molecule has 3 heterocycles. The Hall–Kier alpha value is -2.57. The second-order valence-corrected chi connectivity index (χ2v) is 6.59. The van der Waals surface area contributed by atoms with E-state index in [1.807, 2.05) is 0 Å². The predicted molar refractivity (Wildman–Crippen MR) is 83.0 cm³/mol. The van der Waals surface area contributed by atoms with Gasteiger partial charge in [0.25, 0.3) is 5.91 Å². The third-order valence-corrected chi connectivity index (χ3v) is 4.85. The second kappa shape index (κ2) is 5.22. The molecule has 126 valence electrons.